The number of amides is 3. The minimum absolute atomic E-state index is 0.185. The van der Waals surface area contributed by atoms with Crippen molar-refractivity contribution in [3.05, 3.63) is 59.1 Å². The molecule has 0 radical (unpaired) electrons. The molecule has 4 N–H and O–H groups in total. The summed E-state index contributed by atoms with van der Waals surface area (Å²) < 4.78 is 5.02. The van der Waals surface area contributed by atoms with E-state index in [2.05, 4.69) is 10.6 Å². The Balaban J connectivity index is 1.88. The van der Waals surface area contributed by atoms with E-state index in [0.29, 0.717) is 16.3 Å². The summed E-state index contributed by atoms with van der Waals surface area (Å²) in [4.78, 5) is 37.3. The number of nitrogens with two attached hydrogens (primary N) is 1. The Morgan fingerprint density at radius 3 is 2.24 bits per heavy atom. The molecule has 0 heterocycles. The Morgan fingerprint density at radius 1 is 1.07 bits per heavy atom. The van der Waals surface area contributed by atoms with Gasteiger partial charge in [0.25, 0.3) is 5.91 Å². The van der Waals surface area contributed by atoms with E-state index >= 15 is 0 Å². The number of nitrogens with one attached hydrogen (secondary N) is 2. The zero-order valence-corrected chi connectivity index (χ0v) is 16.9. The third-order valence-corrected chi connectivity index (χ3v) is 4.24. The highest BCUT2D eigenvalue weighted by molar-refractivity contribution is 6.30. The fourth-order valence-corrected chi connectivity index (χ4v) is 2.66. The molecule has 2 aromatic rings. The molecular weight excluding hydrogens is 396 g/mol. The molecule has 9 heteroatoms. The lowest BCUT2D eigenvalue weighted by Crippen LogP contribution is -2.35. The van der Waals surface area contributed by atoms with Gasteiger partial charge < -0.3 is 26.0 Å². The Morgan fingerprint density at radius 2 is 1.69 bits per heavy atom. The molecule has 0 unspecified atom stereocenters. The van der Waals surface area contributed by atoms with Crippen molar-refractivity contribution in [1.29, 1.82) is 0 Å². The Bertz CT molecular complexity index is 854. The number of primary amides is 1. The maximum absolute atomic E-state index is 12.1. The number of nitrogens with zero attached hydrogens (tertiary/aromatic N) is 1. The summed E-state index contributed by atoms with van der Waals surface area (Å²) >= 11 is 5.85. The molecule has 0 bridgehead atoms. The average molecular weight is 419 g/mol. The van der Waals surface area contributed by atoms with Crippen molar-refractivity contribution in [3.8, 4) is 0 Å². The number of rotatable bonds is 8. The van der Waals surface area contributed by atoms with E-state index in [4.69, 9.17) is 22.1 Å². The SMILES string of the molecule is CN(C)c1ccc(NC(=O)COC(=O)C[C@H](NC(N)=O)c2ccc(Cl)cc2)cc1. The first kappa shape index (κ1) is 22.0. The summed E-state index contributed by atoms with van der Waals surface area (Å²) in [5.74, 6) is -1.13. The van der Waals surface area contributed by atoms with Crippen LogP contribution < -0.4 is 21.3 Å². The van der Waals surface area contributed by atoms with Crippen LogP contribution in [0.3, 0.4) is 0 Å². The third kappa shape index (κ3) is 7.34. The number of benzene rings is 2. The van der Waals surface area contributed by atoms with E-state index < -0.39 is 30.6 Å². The second kappa shape index (κ2) is 10.3. The zero-order chi connectivity index (χ0) is 21.4. The van der Waals surface area contributed by atoms with E-state index in [-0.39, 0.29) is 6.42 Å². The molecule has 0 aromatic heterocycles. The lowest BCUT2D eigenvalue weighted by atomic mass is 10.0. The van der Waals surface area contributed by atoms with Crippen molar-refractivity contribution in [2.75, 3.05) is 30.9 Å². The van der Waals surface area contributed by atoms with Crippen molar-refractivity contribution in [2.45, 2.75) is 12.5 Å². The van der Waals surface area contributed by atoms with Gasteiger partial charge >= 0.3 is 12.0 Å². The number of anilines is 2. The van der Waals surface area contributed by atoms with Gasteiger partial charge in [0.15, 0.2) is 6.61 Å². The standard InChI is InChI=1S/C20H23ClN4O4/c1-25(2)16-9-7-15(8-10-16)23-18(26)12-29-19(27)11-17(24-20(22)28)13-3-5-14(21)6-4-13/h3-10,17H,11-12H2,1-2H3,(H,23,26)(H3,22,24,28)/t17-/m0/s1. The number of carbonyl (C=O) groups is 3. The van der Waals surface area contributed by atoms with Crippen LogP contribution >= 0.6 is 11.6 Å². The van der Waals surface area contributed by atoms with Crippen molar-refractivity contribution >= 4 is 40.9 Å². The van der Waals surface area contributed by atoms with Crippen LogP contribution in [0.15, 0.2) is 48.5 Å². The van der Waals surface area contributed by atoms with E-state index in [1.807, 2.05) is 31.1 Å². The van der Waals surface area contributed by atoms with E-state index in [0.717, 1.165) is 5.69 Å². The maximum atomic E-state index is 12.1. The predicted molar refractivity (Wildman–Crippen MR) is 112 cm³/mol. The van der Waals surface area contributed by atoms with Gasteiger partial charge in [-0.3, -0.25) is 9.59 Å². The lowest BCUT2D eigenvalue weighted by molar-refractivity contribution is -0.147. The molecule has 0 aliphatic carbocycles. The molecule has 8 nitrogen and oxygen atoms in total. The molecular formula is C20H23ClN4O4. The normalized spacial score (nSPS) is 11.3. The monoisotopic (exact) mass is 418 g/mol. The van der Waals surface area contributed by atoms with E-state index in [9.17, 15) is 14.4 Å². The first-order valence-corrected chi connectivity index (χ1v) is 9.16. The van der Waals surface area contributed by atoms with E-state index in [1.165, 1.54) is 0 Å². The Labute approximate surface area is 174 Å². The van der Waals surface area contributed by atoms with Crippen LogP contribution in [0.1, 0.15) is 18.0 Å². The van der Waals surface area contributed by atoms with Gasteiger partial charge in [0.05, 0.1) is 12.5 Å². The fraction of sp³-hybridized carbons (Fsp3) is 0.250. The number of hydrogen-bond donors (Lipinski definition) is 3. The van der Waals surface area contributed by atoms with Gasteiger partial charge in [-0.2, -0.15) is 0 Å². The van der Waals surface area contributed by atoms with Gasteiger partial charge in [-0.25, -0.2) is 4.79 Å². The lowest BCUT2D eigenvalue weighted by Gasteiger charge is -2.17. The summed E-state index contributed by atoms with van der Waals surface area (Å²) in [7, 11) is 3.83. The number of carbonyl (C=O) groups excluding carboxylic acids is 3. The highest BCUT2D eigenvalue weighted by atomic mass is 35.5. The van der Waals surface area contributed by atoms with Crippen LogP contribution in [-0.2, 0) is 14.3 Å². The second-order valence-electron chi connectivity index (χ2n) is 6.47. The molecule has 29 heavy (non-hydrogen) atoms. The smallest absolute Gasteiger partial charge is 0.312 e. The van der Waals surface area contributed by atoms with Gasteiger partial charge in [0.2, 0.25) is 0 Å². The van der Waals surface area contributed by atoms with Gasteiger partial charge in [0, 0.05) is 30.5 Å². The average Bonchev–Trinajstić information content (AvgIpc) is 2.66. The summed E-state index contributed by atoms with van der Waals surface area (Å²) in [6.07, 6.45) is -0.185. The van der Waals surface area contributed by atoms with Crippen LogP contribution in [0.2, 0.25) is 5.02 Å². The van der Waals surface area contributed by atoms with Gasteiger partial charge in [-0.15, -0.1) is 0 Å². The molecule has 1 atom stereocenters. The minimum Gasteiger partial charge on any atom is -0.455 e. The first-order chi connectivity index (χ1) is 13.7. The fourth-order valence-electron chi connectivity index (χ4n) is 2.53. The molecule has 2 aromatic carbocycles. The molecule has 0 saturated heterocycles. The number of halogens is 1. The largest absolute Gasteiger partial charge is 0.455 e. The van der Waals surface area contributed by atoms with E-state index in [1.54, 1.807) is 36.4 Å². The molecule has 0 aliphatic rings. The quantitative estimate of drug-likeness (QED) is 0.570. The molecule has 154 valence electrons. The Hall–Kier alpha value is -3.26. The molecule has 3 amide bonds. The molecule has 2 rings (SSSR count). The van der Waals surface area contributed by atoms with Crippen LogP contribution in [0.4, 0.5) is 16.2 Å². The van der Waals surface area contributed by atoms with Crippen molar-refractivity contribution in [2.24, 2.45) is 5.73 Å². The number of esters is 1. The highest BCUT2D eigenvalue weighted by Crippen LogP contribution is 2.20. The zero-order valence-electron chi connectivity index (χ0n) is 16.1. The van der Waals surface area contributed by atoms with Gasteiger partial charge in [0.1, 0.15) is 0 Å². The molecule has 0 aliphatic heterocycles. The van der Waals surface area contributed by atoms with Crippen molar-refractivity contribution in [1.82, 2.24) is 5.32 Å². The second-order valence-corrected chi connectivity index (χ2v) is 6.90. The van der Waals surface area contributed by atoms with Crippen molar-refractivity contribution < 1.29 is 19.1 Å². The number of urea groups is 1. The molecule has 0 fully saturated rings. The highest BCUT2D eigenvalue weighted by Gasteiger charge is 2.19. The van der Waals surface area contributed by atoms with Gasteiger partial charge in [-0.1, -0.05) is 23.7 Å². The van der Waals surface area contributed by atoms with Gasteiger partial charge in [-0.05, 0) is 42.0 Å². The minimum atomic E-state index is -0.781. The van der Waals surface area contributed by atoms with Crippen LogP contribution in [0.5, 0.6) is 0 Å². The van der Waals surface area contributed by atoms with Crippen molar-refractivity contribution in [3.63, 3.8) is 0 Å². The number of hydrogen-bond acceptors (Lipinski definition) is 5. The molecule has 0 saturated carbocycles. The molecule has 0 spiro atoms. The maximum Gasteiger partial charge on any atom is 0.312 e. The topological polar surface area (TPSA) is 114 Å². The number of ether oxygens (including phenoxy) is 1. The third-order valence-electron chi connectivity index (χ3n) is 3.99. The Kier molecular flexibility index (Phi) is 7.85. The predicted octanol–water partition coefficient (Wildman–Crippen LogP) is 2.69. The summed E-state index contributed by atoms with van der Waals surface area (Å²) in [5, 5.41) is 5.64. The summed E-state index contributed by atoms with van der Waals surface area (Å²) in [5.41, 5.74) is 7.39. The van der Waals surface area contributed by atoms with Crippen LogP contribution in [0, 0.1) is 0 Å². The summed E-state index contributed by atoms with van der Waals surface area (Å²) in [6.45, 7) is -0.446. The summed E-state index contributed by atoms with van der Waals surface area (Å²) in [6, 6.07) is 12.3. The van der Waals surface area contributed by atoms with Crippen LogP contribution in [0.25, 0.3) is 0 Å². The first-order valence-electron chi connectivity index (χ1n) is 8.79. The van der Waals surface area contributed by atoms with Crippen LogP contribution in [-0.4, -0.2) is 38.6 Å².